The molecule has 0 aliphatic heterocycles. The quantitative estimate of drug-likeness (QED) is 0.734. The van der Waals surface area contributed by atoms with Gasteiger partial charge in [0, 0.05) is 28.9 Å². The van der Waals surface area contributed by atoms with Gasteiger partial charge in [0.15, 0.2) is 0 Å². The number of nitrogens with one attached hydrogen (secondary N) is 1. The molecule has 4 nitrogen and oxygen atoms in total. The van der Waals surface area contributed by atoms with E-state index in [2.05, 4.69) is 16.0 Å². The highest BCUT2D eigenvalue weighted by Crippen LogP contribution is 2.18. The lowest BCUT2D eigenvalue weighted by molar-refractivity contribution is -0.142. The highest BCUT2D eigenvalue weighted by Gasteiger charge is 2.08. The molecular weight excluding hydrogens is 272 g/mol. The Morgan fingerprint density at radius 2 is 2.25 bits per heavy atom. The van der Waals surface area contributed by atoms with E-state index >= 15 is 0 Å². The summed E-state index contributed by atoms with van der Waals surface area (Å²) < 4.78 is 5.25. The van der Waals surface area contributed by atoms with Crippen LogP contribution in [0.15, 0.2) is 41.4 Å². The molecule has 2 aromatic heterocycles. The number of esters is 1. The second kappa shape index (κ2) is 5.88. The van der Waals surface area contributed by atoms with Crippen LogP contribution in [-0.4, -0.2) is 22.5 Å². The maximum atomic E-state index is 11.6. The van der Waals surface area contributed by atoms with Gasteiger partial charge in [0.25, 0.3) is 0 Å². The number of ether oxygens (including phenoxy) is 1. The largest absolute Gasteiger partial charge is 0.465 e. The summed E-state index contributed by atoms with van der Waals surface area (Å²) in [6.45, 7) is 0.394. The molecular formula is C15H14N2O2S. The zero-order valence-corrected chi connectivity index (χ0v) is 11.7. The number of aromatic nitrogens is 2. The molecule has 0 amide bonds. The molecule has 0 bridgehead atoms. The van der Waals surface area contributed by atoms with E-state index in [9.17, 15) is 4.79 Å². The molecule has 0 fully saturated rings. The molecule has 0 saturated carbocycles. The Bertz CT molecular complexity index is 704. The van der Waals surface area contributed by atoms with Gasteiger partial charge < -0.3 is 9.72 Å². The minimum atomic E-state index is -0.226. The predicted molar refractivity (Wildman–Crippen MR) is 78.8 cm³/mol. The average Bonchev–Trinajstić information content (AvgIpc) is 3.09. The molecule has 3 rings (SSSR count). The highest BCUT2D eigenvalue weighted by atomic mass is 32.1. The molecule has 0 spiro atoms. The Hall–Kier alpha value is -2.14. The molecule has 0 radical (unpaired) electrons. The van der Waals surface area contributed by atoms with Gasteiger partial charge in [0.05, 0.1) is 24.2 Å². The van der Waals surface area contributed by atoms with Crippen molar-refractivity contribution in [2.75, 3.05) is 6.61 Å². The van der Waals surface area contributed by atoms with Gasteiger partial charge in [-0.25, -0.2) is 4.98 Å². The summed E-state index contributed by atoms with van der Waals surface area (Å²) in [5.74, 6) is -0.226. The number of carbonyl (C=O) groups excluding carboxylic acids is 1. The van der Waals surface area contributed by atoms with Crippen molar-refractivity contribution >= 4 is 28.2 Å². The van der Waals surface area contributed by atoms with Crippen molar-refractivity contribution < 1.29 is 9.53 Å². The minimum absolute atomic E-state index is 0.226. The van der Waals surface area contributed by atoms with Crippen LogP contribution in [-0.2, 0) is 22.4 Å². The second-order valence-electron chi connectivity index (χ2n) is 4.49. The van der Waals surface area contributed by atoms with Gasteiger partial charge in [0.2, 0.25) is 0 Å². The Kier molecular flexibility index (Phi) is 3.78. The number of rotatable bonds is 5. The van der Waals surface area contributed by atoms with Crippen molar-refractivity contribution in [3.63, 3.8) is 0 Å². The smallest absolute Gasteiger partial charge is 0.311 e. The summed E-state index contributed by atoms with van der Waals surface area (Å²) >= 11 is 1.48. The normalized spacial score (nSPS) is 10.8. The first-order valence-electron chi connectivity index (χ1n) is 6.40. The lowest BCUT2D eigenvalue weighted by atomic mass is 10.1. The average molecular weight is 286 g/mol. The van der Waals surface area contributed by atoms with Crippen molar-refractivity contribution in [2.24, 2.45) is 0 Å². The predicted octanol–water partition coefficient (Wildman–Crippen LogP) is 2.95. The van der Waals surface area contributed by atoms with Gasteiger partial charge in [-0.3, -0.25) is 4.79 Å². The number of H-pyrrole nitrogens is 1. The SMILES string of the molecule is O=C(Cc1cscn1)OCCc1c[nH]c2ccccc12. The molecule has 20 heavy (non-hydrogen) atoms. The van der Waals surface area contributed by atoms with E-state index < -0.39 is 0 Å². The lowest BCUT2D eigenvalue weighted by Gasteiger charge is -2.03. The third-order valence-electron chi connectivity index (χ3n) is 3.12. The highest BCUT2D eigenvalue weighted by molar-refractivity contribution is 7.07. The first-order valence-corrected chi connectivity index (χ1v) is 7.35. The molecule has 0 saturated heterocycles. The number of nitrogens with zero attached hydrogens (tertiary/aromatic N) is 1. The first kappa shape index (κ1) is 12.9. The number of aromatic amines is 1. The molecule has 0 aliphatic rings. The van der Waals surface area contributed by atoms with Crippen LogP contribution in [0.3, 0.4) is 0 Å². The Morgan fingerprint density at radius 3 is 3.10 bits per heavy atom. The summed E-state index contributed by atoms with van der Waals surface area (Å²) in [6, 6.07) is 8.11. The topological polar surface area (TPSA) is 55.0 Å². The maximum Gasteiger partial charge on any atom is 0.311 e. The molecule has 102 valence electrons. The van der Waals surface area contributed by atoms with Crippen LogP contribution < -0.4 is 0 Å². The monoisotopic (exact) mass is 286 g/mol. The number of carbonyl (C=O) groups is 1. The van der Waals surface area contributed by atoms with E-state index in [0.717, 1.165) is 11.2 Å². The van der Waals surface area contributed by atoms with Crippen LogP contribution in [0.1, 0.15) is 11.3 Å². The molecule has 0 unspecified atom stereocenters. The molecule has 1 aromatic carbocycles. The summed E-state index contributed by atoms with van der Waals surface area (Å²) in [6.07, 6.45) is 2.93. The minimum Gasteiger partial charge on any atom is -0.465 e. The number of para-hydroxylation sites is 1. The van der Waals surface area contributed by atoms with Crippen molar-refractivity contribution in [1.82, 2.24) is 9.97 Å². The maximum absolute atomic E-state index is 11.6. The standard InChI is InChI=1S/C15H14N2O2S/c18-15(7-12-9-20-10-17-12)19-6-5-11-8-16-14-4-2-1-3-13(11)14/h1-4,8-10,16H,5-7H2. The van der Waals surface area contributed by atoms with E-state index in [4.69, 9.17) is 4.74 Å². The zero-order chi connectivity index (χ0) is 13.8. The molecule has 2 heterocycles. The van der Waals surface area contributed by atoms with Crippen molar-refractivity contribution in [3.05, 3.63) is 52.6 Å². The fourth-order valence-electron chi connectivity index (χ4n) is 2.14. The zero-order valence-electron chi connectivity index (χ0n) is 10.8. The van der Waals surface area contributed by atoms with E-state index in [1.807, 2.05) is 29.8 Å². The summed E-state index contributed by atoms with van der Waals surface area (Å²) in [5, 5.41) is 3.05. The van der Waals surface area contributed by atoms with Gasteiger partial charge in [0.1, 0.15) is 0 Å². The molecule has 0 atom stereocenters. The Morgan fingerprint density at radius 1 is 1.35 bits per heavy atom. The molecule has 0 aliphatic carbocycles. The van der Waals surface area contributed by atoms with Crippen molar-refractivity contribution in [2.45, 2.75) is 12.8 Å². The van der Waals surface area contributed by atoms with E-state index in [1.165, 1.54) is 22.3 Å². The van der Waals surface area contributed by atoms with Crippen LogP contribution in [0.2, 0.25) is 0 Å². The van der Waals surface area contributed by atoms with Gasteiger partial charge >= 0.3 is 5.97 Å². The van der Waals surface area contributed by atoms with Gasteiger partial charge in [-0.1, -0.05) is 18.2 Å². The fourth-order valence-corrected chi connectivity index (χ4v) is 2.70. The van der Waals surface area contributed by atoms with Crippen LogP contribution in [0.5, 0.6) is 0 Å². The van der Waals surface area contributed by atoms with E-state index in [-0.39, 0.29) is 12.4 Å². The Labute approximate surface area is 120 Å². The second-order valence-corrected chi connectivity index (χ2v) is 5.21. The van der Waals surface area contributed by atoms with Crippen LogP contribution in [0.4, 0.5) is 0 Å². The van der Waals surface area contributed by atoms with Crippen LogP contribution in [0, 0.1) is 0 Å². The van der Waals surface area contributed by atoms with Gasteiger partial charge in [-0.05, 0) is 11.6 Å². The number of hydrogen-bond donors (Lipinski definition) is 1. The first-order chi connectivity index (χ1) is 9.83. The molecule has 1 N–H and O–H groups in total. The summed E-state index contributed by atoms with van der Waals surface area (Å²) in [5.41, 5.74) is 4.76. The third kappa shape index (κ3) is 2.88. The van der Waals surface area contributed by atoms with Crippen molar-refractivity contribution in [1.29, 1.82) is 0 Å². The molecule has 3 aromatic rings. The Balaban J connectivity index is 1.53. The van der Waals surface area contributed by atoms with Crippen LogP contribution >= 0.6 is 11.3 Å². The van der Waals surface area contributed by atoms with Crippen molar-refractivity contribution in [3.8, 4) is 0 Å². The fraction of sp³-hybridized carbons (Fsp3) is 0.200. The number of thiazole rings is 1. The number of hydrogen-bond acceptors (Lipinski definition) is 4. The third-order valence-corrected chi connectivity index (χ3v) is 3.75. The summed E-state index contributed by atoms with van der Waals surface area (Å²) in [7, 11) is 0. The lowest BCUT2D eigenvalue weighted by Crippen LogP contribution is -2.10. The molecule has 5 heteroatoms. The van der Waals surface area contributed by atoms with E-state index in [1.54, 1.807) is 5.51 Å². The van der Waals surface area contributed by atoms with Crippen LogP contribution in [0.25, 0.3) is 10.9 Å². The number of fused-ring (bicyclic) bond motifs is 1. The van der Waals surface area contributed by atoms with Gasteiger partial charge in [-0.15, -0.1) is 11.3 Å². The summed E-state index contributed by atoms with van der Waals surface area (Å²) in [4.78, 5) is 18.9. The van der Waals surface area contributed by atoms with Gasteiger partial charge in [-0.2, -0.15) is 0 Å². The number of benzene rings is 1. The van der Waals surface area contributed by atoms with E-state index in [0.29, 0.717) is 13.0 Å².